The molecule has 1 rings (SSSR count). The van der Waals surface area contributed by atoms with Crippen molar-refractivity contribution in [3.63, 3.8) is 0 Å². The number of hydrogen-bond acceptors (Lipinski definition) is 3. The minimum atomic E-state index is 0.0316. The van der Waals surface area contributed by atoms with Crippen LogP contribution in [0.1, 0.15) is 32.4 Å². The highest BCUT2D eigenvalue weighted by molar-refractivity contribution is 9.10. The van der Waals surface area contributed by atoms with E-state index in [-0.39, 0.29) is 6.04 Å². The standard InChI is InChI=1S/C14H23BrN2O/c1-4-17(5-2)8-9-18-12-6-7-13(11(3)16)14(15)10-12/h6-7,10-11H,4-5,8-9,16H2,1-3H3. The Bertz CT molecular complexity index is 365. The molecule has 0 fully saturated rings. The fourth-order valence-corrected chi connectivity index (χ4v) is 2.52. The number of halogens is 1. The number of nitrogens with zero attached hydrogens (tertiary/aromatic N) is 1. The molecule has 0 bridgehead atoms. The Labute approximate surface area is 118 Å². The molecule has 1 aromatic rings. The molecule has 0 saturated heterocycles. The van der Waals surface area contributed by atoms with E-state index in [9.17, 15) is 0 Å². The molecular weight excluding hydrogens is 292 g/mol. The fraction of sp³-hybridized carbons (Fsp3) is 0.571. The highest BCUT2D eigenvalue weighted by Crippen LogP contribution is 2.26. The Morgan fingerprint density at radius 1 is 1.33 bits per heavy atom. The molecular formula is C14H23BrN2O. The number of hydrogen-bond donors (Lipinski definition) is 1. The number of likely N-dealkylation sites (N-methyl/N-ethyl adjacent to an activating group) is 1. The van der Waals surface area contributed by atoms with Crippen molar-refractivity contribution in [2.24, 2.45) is 5.73 Å². The molecule has 2 N–H and O–H groups in total. The normalized spacial score (nSPS) is 12.8. The van der Waals surface area contributed by atoms with Gasteiger partial charge in [0.15, 0.2) is 0 Å². The third kappa shape index (κ3) is 4.59. The lowest BCUT2D eigenvalue weighted by atomic mass is 10.1. The van der Waals surface area contributed by atoms with Gasteiger partial charge in [-0.15, -0.1) is 0 Å². The lowest BCUT2D eigenvalue weighted by molar-refractivity contribution is 0.222. The zero-order valence-electron chi connectivity index (χ0n) is 11.4. The average molecular weight is 315 g/mol. The second kappa shape index (κ2) is 7.77. The number of benzene rings is 1. The summed E-state index contributed by atoms with van der Waals surface area (Å²) in [5, 5.41) is 0. The van der Waals surface area contributed by atoms with E-state index in [0.717, 1.165) is 35.4 Å². The summed E-state index contributed by atoms with van der Waals surface area (Å²) in [6.45, 7) is 10.1. The van der Waals surface area contributed by atoms with Crippen LogP contribution in [0.15, 0.2) is 22.7 Å². The number of ether oxygens (including phenoxy) is 1. The zero-order valence-corrected chi connectivity index (χ0v) is 13.0. The minimum absolute atomic E-state index is 0.0316. The molecule has 1 aromatic carbocycles. The highest BCUT2D eigenvalue weighted by Gasteiger charge is 2.06. The maximum Gasteiger partial charge on any atom is 0.120 e. The smallest absolute Gasteiger partial charge is 0.120 e. The molecule has 0 aliphatic carbocycles. The summed E-state index contributed by atoms with van der Waals surface area (Å²) in [4.78, 5) is 2.34. The molecule has 0 radical (unpaired) electrons. The second-order valence-corrected chi connectivity index (χ2v) is 5.20. The van der Waals surface area contributed by atoms with Gasteiger partial charge in [0, 0.05) is 17.1 Å². The van der Waals surface area contributed by atoms with Crippen molar-refractivity contribution in [3.05, 3.63) is 28.2 Å². The van der Waals surface area contributed by atoms with Gasteiger partial charge in [-0.25, -0.2) is 0 Å². The molecule has 1 atom stereocenters. The highest BCUT2D eigenvalue weighted by atomic mass is 79.9. The van der Waals surface area contributed by atoms with Crippen molar-refractivity contribution >= 4 is 15.9 Å². The van der Waals surface area contributed by atoms with Crippen LogP contribution in [-0.4, -0.2) is 31.1 Å². The number of rotatable bonds is 7. The van der Waals surface area contributed by atoms with Crippen molar-refractivity contribution < 1.29 is 4.74 Å². The van der Waals surface area contributed by atoms with Crippen LogP contribution in [0.25, 0.3) is 0 Å². The average Bonchev–Trinajstić information content (AvgIpc) is 2.34. The number of nitrogens with two attached hydrogens (primary N) is 1. The summed E-state index contributed by atoms with van der Waals surface area (Å²) in [7, 11) is 0. The van der Waals surface area contributed by atoms with Crippen molar-refractivity contribution in [3.8, 4) is 5.75 Å². The van der Waals surface area contributed by atoms with Crippen LogP contribution in [-0.2, 0) is 0 Å². The molecule has 0 heterocycles. The molecule has 18 heavy (non-hydrogen) atoms. The van der Waals surface area contributed by atoms with Crippen molar-refractivity contribution in [1.82, 2.24) is 4.90 Å². The molecule has 4 heteroatoms. The molecule has 0 amide bonds. The molecule has 0 saturated carbocycles. The van der Waals surface area contributed by atoms with E-state index in [1.807, 2.05) is 25.1 Å². The first-order chi connectivity index (χ1) is 8.58. The second-order valence-electron chi connectivity index (χ2n) is 4.35. The van der Waals surface area contributed by atoms with Gasteiger partial charge < -0.3 is 15.4 Å². The Balaban J connectivity index is 2.51. The predicted molar refractivity (Wildman–Crippen MR) is 80.0 cm³/mol. The van der Waals surface area contributed by atoms with Gasteiger partial charge in [0.1, 0.15) is 12.4 Å². The lowest BCUT2D eigenvalue weighted by Crippen LogP contribution is -2.27. The monoisotopic (exact) mass is 314 g/mol. The topological polar surface area (TPSA) is 38.5 Å². The summed E-state index contributed by atoms with van der Waals surface area (Å²) in [6.07, 6.45) is 0. The molecule has 0 aromatic heterocycles. The van der Waals surface area contributed by atoms with Crippen LogP contribution in [0, 0.1) is 0 Å². The molecule has 0 spiro atoms. The summed E-state index contributed by atoms with van der Waals surface area (Å²) < 4.78 is 6.76. The molecule has 102 valence electrons. The first-order valence-corrected chi connectivity index (χ1v) is 7.28. The van der Waals surface area contributed by atoms with E-state index >= 15 is 0 Å². The Morgan fingerprint density at radius 3 is 2.50 bits per heavy atom. The van der Waals surface area contributed by atoms with Gasteiger partial charge in [-0.2, -0.15) is 0 Å². The van der Waals surface area contributed by atoms with Gasteiger partial charge in [0.05, 0.1) is 0 Å². The van der Waals surface area contributed by atoms with Gasteiger partial charge in [-0.1, -0.05) is 35.8 Å². The molecule has 0 aliphatic heterocycles. The van der Waals surface area contributed by atoms with Crippen LogP contribution in [0.4, 0.5) is 0 Å². The van der Waals surface area contributed by atoms with E-state index in [0.29, 0.717) is 6.61 Å². The Hall–Kier alpha value is -0.580. The van der Waals surface area contributed by atoms with E-state index in [1.54, 1.807) is 0 Å². The van der Waals surface area contributed by atoms with Gasteiger partial charge in [-0.3, -0.25) is 0 Å². The van der Waals surface area contributed by atoms with Crippen LogP contribution >= 0.6 is 15.9 Å². The van der Waals surface area contributed by atoms with Crippen molar-refractivity contribution in [2.45, 2.75) is 26.8 Å². The Kier molecular flexibility index (Phi) is 6.68. The quantitative estimate of drug-likeness (QED) is 0.840. The van der Waals surface area contributed by atoms with Crippen molar-refractivity contribution in [2.75, 3.05) is 26.2 Å². The lowest BCUT2D eigenvalue weighted by Gasteiger charge is -2.18. The van der Waals surface area contributed by atoms with Crippen molar-refractivity contribution in [1.29, 1.82) is 0 Å². The zero-order chi connectivity index (χ0) is 13.5. The minimum Gasteiger partial charge on any atom is -0.492 e. The first kappa shape index (κ1) is 15.5. The fourth-order valence-electron chi connectivity index (χ4n) is 1.80. The summed E-state index contributed by atoms with van der Waals surface area (Å²) in [6, 6.07) is 6.01. The van der Waals surface area contributed by atoms with E-state index in [4.69, 9.17) is 10.5 Å². The molecule has 1 unspecified atom stereocenters. The van der Waals surface area contributed by atoms with E-state index in [2.05, 4.69) is 34.7 Å². The van der Waals surface area contributed by atoms with Crippen LogP contribution in [0.5, 0.6) is 5.75 Å². The van der Waals surface area contributed by atoms with Gasteiger partial charge in [-0.05, 0) is 37.7 Å². The van der Waals surface area contributed by atoms with E-state index in [1.165, 1.54) is 0 Å². The summed E-state index contributed by atoms with van der Waals surface area (Å²) in [5.41, 5.74) is 6.97. The van der Waals surface area contributed by atoms with Gasteiger partial charge in [0.25, 0.3) is 0 Å². The SMILES string of the molecule is CCN(CC)CCOc1ccc(C(C)N)c(Br)c1. The van der Waals surface area contributed by atoms with Crippen LogP contribution in [0.2, 0.25) is 0 Å². The largest absolute Gasteiger partial charge is 0.492 e. The summed E-state index contributed by atoms with van der Waals surface area (Å²) >= 11 is 3.53. The Morgan fingerprint density at radius 2 is 2.00 bits per heavy atom. The third-order valence-corrected chi connectivity index (χ3v) is 3.72. The van der Waals surface area contributed by atoms with E-state index < -0.39 is 0 Å². The van der Waals surface area contributed by atoms with Gasteiger partial charge in [0.2, 0.25) is 0 Å². The maximum absolute atomic E-state index is 5.86. The first-order valence-electron chi connectivity index (χ1n) is 6.48. The maximum atomic E-state index is 5.86. The third-order valence-electron chi connectivity index (χ3n) is 3.03. The summed E-state index contributed by atoms with van der Waals surface area (Å²) in [5.74, 6) is 0.887. The van der Waals surface area contributed by atoms with Gasteiger partial charge >= 0.3 is 0 Å². The van der Waals surface area contributed by atoms with Crippen LogP contribution < -0.4 is 10.5 Å². The molecule has 0 aliphatic rings. The van der Waals surface area contributed by atoms with Crippen LogP contribution in [0.3, 0.4) is 0 Å². The predicted octanol–water partition coefficient (Wildman–Crippen LogP) is 3.19. The molecule has 3 nitrogen and oxygen atoms in total.